The van der Waals surface area contributed by atoms with Gasteiger partial charge in [0.2, 0.25) is 0 Å². The summed E-state index contributed by atoms with van der Waals surface area (Å²) in [6, 6.07) is 19.5. The lowest BCUT2D eigenvalue weighted by Gasteiger charge is -2.30. The molecule has 0 saturated carbocycles. The molecule has 3 N–H and O–H groups in total. The molecular weight excluding hydrogens is 560 g/mol. The van der Waals surface area contributed by atoms with Crippen molar-refractivity contribution >= 4 is 44.6 Å². The number of carbonyl (C=O) groups is 2. The second-order valence-corrected chi connectivity index (χ2v) is 11.2. The molecule has 4 aromatic rings. The predicted octanol–water partition coefficient (Wildman–Crippen LogP) is 4.74. The quantitative estimate of drug-likeness (QED) is 0.254. The lowest BCUT2D eigenvalue weighted by molar-refractivity contribution is 0.0993. The number of nitrogens with one attached hydrogen (secondary N) is 3. The fourth-order valence-electron chi connectivity index (χ4n) is 4.49. The molecule has 0 spiro atoms. The van der Waals surface area contributed by atoms with Crippen LogP contribution in [0, 0.1) is 6.92 Å². The number of aryl methyl sites for hydroxylation is 1. The van der Waals surface area contributed by atoms with Crippen LogP contribution in [0.4, 0.5) is 22.7 Å². The van der Waals surface area contributed by atoms with Crippen LogP contribution < -0.4 is 25.0 Å². The number of amides is 2. The lowest BCUT2D eigenvalue weighted by atomic mass is 10.1. The van der Waals surface area contributed by atoms with Gasteiger partial charge in [0.15, 0.2) is 5.76 Å². The van der Waals surface area contributed by atoms with Gasteiger partial charge in [0.1, 0.15) is 10.6 Å². The van der Waals surface area contributed by atoms with Gasteiger partial charge in [-0.25, -0.2) is 8.42 Å². The third-order valence-electron chi connectivity index (χ3n) is 6.70. The van der Waals surface area contributed by atoms with E-state index in [1.54, 1.807) is 67.6 Å². The average Bonchev–Trinajstić information content (AvgIpc) is 3.54. The normalized spacial score (nSPS) is 13.3. The van der Waals surface area contributed by atoms with Crippen LogP contribution in [-0.2, 0) is 14.8 Å². The standard InChI is InChI=1S/C30H30N4O7S/c1-20-9-10-21(18-24(20)32-30(36)27-8-5-15-41-27)29(35)31-22-11-12-25(34-13-16-40-17-14-34)28(19-22)42(37,38)33-23-6-3-4-7-26(23)39-2/h3-12,15,18-19,33H,13-14,16-17H2,1-2H3,(H,31,35)(H,32,36). The zero-order valence-electron chi connectivity index (χ0n) is 23.0. The number of hydrogen-bond acceptors (Lipinski definition) is 8. The molecule has 1 saturated heterocycles. The fraction of sp³-hybridized carbons (Fsp3) is 0.200. The molecule has 12 heteroatoms. The van der Waals surface area contributed by atoms with Gasteiger partial charge in [0.25, 0.3) is 21.8 Å². The first-order valence-corrected chi connectivity index (χ1v) is 14.6. The number of para-hydroxylation sites is 2. The van der Waals surface area contributed by atoms with Gasteiger partial charge in [-0.2, -0.15) is 0 Å². The Labute approximate surface area is 243 Å². The minimum absolute atomic E-state index is 0.0107. The van der Waals surface area contributed by atoms with Crippen LogP contribution in [0.25, 0.3) is 0 Å². The van der Waals surface area contributed by atoms with Gasteiger partial charge < -0.3 is 29.4 Å². The Hall–Kier alpha value is -4.81. The Morgan fingerprint density at radius 1 is 0.881 bits per heavy atom. The van der Waals surface area contributed by atoms with E-state index >= 15 is 0 Å². The van der Waals surface area contributed by atoms with E-state index in [9.17, 15) is 18.0 Å². The topological polar surface area (TPSA) is 139 Å². The maximum Gasteiger partial charge on any atom is 0.291 e. The van der Waals surface area contributed by atoms with E-state index in [0.29, 0.717) is 43.4 Å². The van der Waals surface area contributed by atoms with Crippen LogP contribution in [0.15, 0.2) is 88.4 Å². The molecule has 1 aromatic heterocycles. The molecule has 0 aliphatic carbocycles. The Morgan fingerprint density at radius 2 is 1.67 bits per heavy atom. The van der Waals surface area contributed by atoms with Gasteiger partial charge in [0, 0.05) is 30.0 Å². The number of anilines is 4. The van der Waals surface area contributed by atoms with Crippen molar-refractivity contribution in [1.82, 2.24) is 0 Å². The van der Waals surface area contributed by atoms with E-state index in [1.165, 1.54) is 25.5 Å². The first-order valence-electron chi connectivity index (χ1n) is 13.1. The van der Waals surface area contributed by atoms with Crippen molar-refractivity contribution in [3.63, 3.8) is 0 Å². The molecule has 218 valence electrons. The number of ether oxygens (including phenoxy) is 2. The van der Waals surface area contributed by atoms with Crippen molar-refractivity contribution in [3.05, 3.63) is 95.9 Å². The molecule has 1 aliphatic rings. The largest absolute Gasteiger partial charge is 0.495 e. The van der Waals surface area contributed by atoms with E-state index in [-0.39, 0.29) is 27.6 Å². The van der Waals surface area contributed by atoms with E-state index in [0.717, 1.165) is 5.56 Å². The number of sulfonamides is 1. The van der Waals surface area contributed by atoms with Crippen molar-refractivity contribution in [3.8, 4) is 5.75 Å². The van der Waals surface area contributed by atoms with Crippen LogP contribution in [0.1, 0.15) is 26.5 Å². The Balaban J connectivity index is 1.43. The third kappa shape index (κ3) is 6.40. The minimum Gasteiger partial charge on any atom is -0.495 e. The van der Waals surface area contributed by atoms with Crippen LogP contribution in [-0.4, -0.2) is 53.6 Å². The zero-order chi connectivity index (χ0) is 29.7. The highest BCUT2D eigenvalue weighted by Gasteiger charge is 2.25. The number of furan rings is 1. The van der Waals surface area contributed by atoms with E-state index < -0.39 is 21.8 Å². The number of morpholine rings is 1. The highest BCUT2D eigenvalue weighted by molar-refractivity contribution is 7.93. The number of rotatable bonds is 9. The van der Waals surface area contributed by atoms with Crippen molar-refractivity contribution in [2.75, 3.05) is 53.7 Å². The van der Waals surface area contributed by atoms with Crippen LogP contribution in [0.5, 0.6) is 5.75 Å². The van der Waals surface area contributed by atoms with Crippen LogP contribution in [0.3, 0.4) is 0 Å². The summed E-state index contributed by atoms with van der Waals surface area (Å²) in [5.74, 6) is -0.423. The molecule has 5 rings (SSSR count). The van der Waals surface area contributed by atoms with Crippen LogP contribution in [0.2, 0.25) is 0 Å². The molecule has 3 aromatic carbocycles. The summed E-state index contributed by atoms with van der Waals surface area (Å²) in [4.78, 5) is 27.7. The van der Waals surface area contributed by atoms with Crippen LogP contribution >= 0.6 is 0 Å². The second kappa shape index (κ2) is 12.4. The number of nitrogens with zero attached hydrogens (tertiary/aromatic N) is 1. The molecular formula is C30H30N4O7S. The van der Waals surface area contributed by atoms with Gasteiger partial charge in [0.05, 0.1) is 38.0 Å². The Kier molecular flexibility index (Phi) is 8.46. The first kappa shape index (κ1) is 28.7. The highest BCUT2D eigenvalue weighted by Crippen LogP contribution is 2.33. The van der Waals surface area contributed by atoms with E-state index in [2.05, 4.69) is 15.4 Å². The summed E-state index contributed by atoms with van der Waals surface area (Å²) in [6.07, 6.45) is 1.40. The monoisotopic (exact) mass is 590 g/mol. The number of methoxy groups -OCH3 is 1. The maximum atomic E-state index is 13.7. The molecule has 0 unspecified atom stereocenters. The van der Waals surface area contributed by atoms with Gasteiger partial charge in [-0.1, -0.05) is 18.2 Å². The molecule has 0 radical (unpaired) electrons. The molecule has 2 heterocycles. The molecule has 1 fully saturated rings. The number of hydrogen-bond donors (Lipinski definition) is 3. The maximum absolute atomic E-state index is 13.7. The van der Waals surface area contributed by atoms with E-state index in [4.69, 9.17) is 13.9 Å². The summed E-state index contributed by atoms with van der Waals surface area (Å²) in [5, 5.41) is 5.54. The highest BCUT2D eigenvalue weighted by atomic mass is 32.2. The first-order chi connectivity index (χ1) is 20.2. The fourth-order valence-corrected chi connectivity index (χ4v) is 5.82. The molecule has 0 bridgehead atoms. The molecule has 2 amide bonds. The van der Waals surface area contributed by atoms with Gasteiger partial charge in [-0.05, 0) is 67.1 Å². The SMILES string of the molecule is COc1ccccc1NS(=O)(=O)c1cc(NC(=O)c2ccc(C)c(NC(=O)c3ccco3)c2)ccc1N1CCOCC1. The summed E-state index contributed by atoms with van der Waals surface area (Å²) in [6.45, 7) is 3.75. The summed E-state index contributed by atoms with van der Waals surface area (Å²) in [5.41, 5.74) is 2.50. The van der Waals surface area contributed by atoms with Gasteiger partial charge in [-0.3, -0.25) is 14.3 Å². The van der Waals surface area contributed by atoms with Gasteiger partial charge >= 0.3 is 0 Å². The summed E-state index contributed by atoms with van der Waals surface area (Å²) >= 11 is 0. The molecule has 11 nitrogen and oxygen atoms in total. The van der Waals surface area contributed by atoms with Crippen molar-refractivity contribution < 1.29 is 31.9 Å². The Bertz CT molecular complexity index is 1700. The molecule has 1 aliphatic heterocycles. The van der Waals surface area contributed by atoms with Crippen molar-refractivity contribution in [2.45, 2.75) is 11.8 Å². The summed E-state index contributed by atoms with van der Waals surface area (Å²) in [7, 11) is -2.66. The van der Waals surface area contributed by atoms with Crippen molar-refractivity contribution in [1.29, 1.82) is 0 Å². The second-order valence-electron chi connectivity index (χ2n) is 9.50. The summed E-state index contributed by atoms with van der Waals surface area (Å²) < 4.78 is 46.0. The molecule has 0 atom stereocenters. The smallest absolute Gasteiger partial charge is 0.291 e. The lowest BCUT2D eigenvalue weighted by Crippen LogP contribution is -2.37. The predicted molar refractivity (Wildman–Crippen MR) is 159 cm³/mol. The molecule has 42 heavy (non-hydrogen) atoms. The average molecular weight is 591 g/mol. The minimum atomic E-state index is -4.12. The zero-order valence-corrected chi connectivity index (χ0v) is 23.9. The number of benzene rings is 3. The Morgan fingerprint density at radius 3 is 2.40 bits per heavy atom. The van der Waals surface area contributed by atoms with Gasteiger partial charge in [-0.15, -0.1) is 0 Å². The van der Waals surface area contributed by atoms with E-state index in [1.807, 2.05) is 4.90 Å². The third-order valence-corrected chi connectivity index (χ3v) is 8.10. The van der Waals surface area contributed by atoms with Crippen molar-refractivity contribution in [2.24, 2.45) is 0 Å². The number of carbonyl (C=O) groups excluding carboxylic acids is 2.